The molecule has 0 bridgehead atoms. The molecule has 1 heterocycles. The number of ketones is 1. The molecule has 0 spiro atoms. The fraction of sp³-hybridized carbons (Fsp3) is 0.300. The SMILES string of the molecule is Cc1ccc(SCCC2CC(=O)C(c3c(F)cc(F)cc3F)=C(O)C2)nc1. The first-order valence-electron chi connectivity index (χ1n) is 8.51. The minimum absolute atomic E-state index is 0.0809. The van der Waals surface area contributed by atoms with Gasteiger partial charge in [-0.1, -0.05) is 6.07 Å². The number of aryl methyl sites for hydroxylation is 1. The van der Waals surface area contributed by atoms with Gasteiger partial charge in [-0.3, -0.25) is 4.79 Å². The normalized spacial score (nSPS) is 17.5. The highest BCUT2D eigenvalue weighted by atomic mass is 32.2. The van der Waals surface area contributed by atoms with Crippen LogP contribution in [0.15, 0.2) is 41.2 Å². The van der Waals surface area contributed by atoms with Crippen molar-refractivity contribution in [2.45, 2.75) is 31.2 Å². The van der Waals surface area contributed by atoms with Gasteiger partial charge in [0.05, 0.1) is 16.2 Å². The van der Waals surface area contributed by atoms with Gasteiger partial charge in [0.2, 0.25) is 0 Å². The van der Waals surface area contributed by atoms with Crippen LogP contribution >= 0.6 is 11.8 Å². The topological polar surface area (TPSA) is 50.2 Å². The summed E-state index contributed by atoms with van der Waals surface area (Å²) < 4.78 is 41.0. The Balaban J connectivity index is 1.69. The third kappa shape index (κ3) is 4.53. The average Bonchev–Trinajstić information content (AvgIpc) is 2.58. The number of carbonyl (C=O) groups is 1. The molecule has 3 nitrogen and oxygen atoms in total. The van der Waals surface area contributed by atoms with Crippen molar-refractivity contribution in [1.82, 2.24) is 4.98 Å². The molecule has 1 aliphatic rings. The summed E-state index contributed by atoms with van der Waals surface area (Å²) in [6.45, 7) is 1.95. The number of benzene rings is 1. The van der Waals surface area contributed by atoms with E-state index in [2.05, 4.69) is 4.98 Å². The molecule has 1 aliphatic carbocycles. The molecule has 0 fully saturated rings. The number of nitrogens with zero attached hydrogens (tertiary/aromatic N) is 1. The second-order valence-corrected chi connectivity index (χ2v) is 7.69. The summed E-state index contributed by atoms with van der Waals surface area (Å²) in [7, 11) is 0. The Labute approximate surface area is 159 Å². The average molecular weight is 393 g/mol. The lowest BCUT2D eigenvalue weighted by Gasteiger charge is -2.24. The standard InChI is InChI=1S/C20H18F3NO2S/c1-11-2-3-18(24-10-11)27-5-4-12-6-16(25)20(17(26)7-12)19-14(22)8-13(21)9-15(19)23/h2-3,8-10,12,25H,4-7H2,1H3. The van der Waals surface area contributed by atoms with E-state index in [1.54, 1.807) is 18.0 Å². The van der Waals surface area contributed by atoms with E-state index in [0.29, 0.717) is 24.3 Å². The van der Waals surface area contributed by atoms with Gasteiger partial charge in [0.15, 0.2) is 5.78 Å². The first-order valence-corrected chi connectivity index (χ1v) is 9.49. The Bertz CT molecular complexity index is 874. The Morgan fingerprint density at radius 1 is 1.19 bits per heavy atom. The third-order valence-electron chi connectivity index (χ3n) is 4.44. The molecule has 3 rings (SSSR count). The molecular formula is C20H18F3NO2S. The van der Waals surface area contributed by atoms with Crippen molar-refractivity contribution >= 4 is 23.1 Å². The van der Waals surface area contributed by atoms with Crippen molar-refractivity contribution in [3.05, 3.63) is 64.8 Å². The molecule has 0 amide bonds. The van der Waals surface area contributed by atoms with Gasteiger partial charge in [-0.05, 0) is 36.6 Å². The van der Waals surface area contributed by atoms with E-state index in [9.17, 15) is 23.1 Å². The minimum atomic E-state index is -1.19. The van der Waals surface area contributed by atoms with E-state index in [4.69, 9.17) is 0 Å². The number of halogens is 3. The monoisotopic (exact) mass is 393 g/mol. The number of hydrogen-bond acceptors (Lipinski definition) is 4. The Kier molecular flexibility index (Phi) is 5.89. The summed E-state index contributed by atoms with van der Waals surface area (Å²) in [6.07, 6.45) is 2.66. The number of carbonyl (C=O) groups excluding carboxylic acids is 1. The summed E-state index contributed by atoms with van der Waals surface area (Å²) in [5.41, 5.74) is 0.0322. The smallest absolute Gasteiger partial charge is 0.167 e. The van der Waals surface area contributed by atoms with Crippen molar-refractivity contribution in [1.29, 1.82) is 0 Å². The first-order chi connectivity index (χ1) is 12.8. The Hall–Kier alpha value is -2.28. The number of aliphatic hydroxyl groups is 1. The van der Waals surface area contributed by atoms with Crippen LogP contribution in [0.3, 0.4) is 0 Å². The largest absolute Gasteiger partial charge is 0.512 e. The highest BCUT2D eigenvalue weighted by Crippen LogP contribution is 2.36. The molecule has 0 saturated heterocycles. The van der Waals surface area contributed by atoms with Gasteiger partial charge in [-0.25, -0.2) is 18.2 Å². The summed E-state index contributed by atoms with van der Waals surface area (Å²) in [4.78, 5) is 16.7. The molecule has 27 heavy (non-hydrogen) atoms. The van der Waals surface area contributed by atoms with Gasteiger partial charge >= 0.3 is 0 Å². The quantitative estimate of drug-likeness (QED) is 0.706. The third-order valence-corrected chi connectivity index (χ3v) is 5.42. The van der Waals surface area contributed by atoms with Crippen molar-refractivity contribution < 1.29 is 23.1 Å². The Morgan fingerprint density at radius 3 is 2.48 bits per heavy atom. The van der Waals surface area contributed by atoms with Crippen LogP contribution in [-0.4, -0.2) is 21.6 Å². The second-order valence-electron chi connectivity index (χ2n) is 6.57. The van der Waals surface area contributed by atoms with Gasteiger partial charge in [-0.15, -0.1) is 11.8 Å². The van der Waals surface area contributed by atoms with Crippen molar-refractivity contribution in [2.24, 2.45) is 5.92 Å². The van der Waals surface area contributed by atoms with Crippen LogP contribution in [0.4, 0.5) is 13.2 Å². The predicted molar refractivity (Wildman–Crippen MR) is 97.9 cm³/mol. The molecule has 0 aliphatic heterocycles. The van der Waals surface area contributed by atoms with Crippen LogP contribution in [0.25, 0.3) is 5.57 Å². The van der Waals surface area contributed by atoms with E-state index >= 15 is 0 Å². The van der Waals surface area contributed by atoms with Crippen LogP contribution in [0.2, 0.25) is 0 Å². The van der Waals surface area contributed by atoms with Crippen LogP contribution in [0, 0.1) is 30.3 Å². The fourth-order valence-corrected chi connectivity index (χ4v) is 4.06. The van der Waals surface area contributed by atoms with Gasteiger partial charge in [0, 0.05) is 31.2 Å². The lowest BCUT2D eigenvalue weighted by molar-refractivity contribution is -0.115. The van der Waals surface area contributed by atoms with E-state index < -0.39 is 28.8 Å². The maximum absolute atomic E-state index is 14.0. The lowest BCUT2D eigenvalue weighted by atomic mass is 9.82. The number of aromatic nitrogens is 1. The van der Waals surface area contributed by atoms with E-state index in [0.717, 1.165) is 10.6 Å². The summed E-state index contributed by atoms with van der Waals surface area (Å²) in [5, 5.41) is 11.1. The molecule has 0 radical (unpaired) electrons. The van der Waals surface area contributed by atoms with Gasteiger partial charge in [-0.2, -0.15) is 0 Å². The molecule has 1 unspecified atom stereocenters. The lowest BCUT2D eigenvalue weighted by Crippen LogP contribution is -2.20. The zero-order valence-corrected chi connectivity index (χ0v) is 15.5. The predicted octanol–water partition coefficient (Wildman–Crippen LogP) is 5.24. The number of thioether (sulfide) groups is 1. The number of allylic oxidation sites excluding steroid dienone is 2. The molecular weight excluding hydrogens is 375 g/mol. The van der Waals surface area contributed by atoms with Gasteiger partial charge in [0.25, 0.3) is 0 Å². The second kappa shape index (κ2) is 8.17. The zero-order valence-electron chi connectivity index (χ0n) is 14.6. The molecule has 142 valence electrons. The number of rotatable bonds is 5. The molecule has 1 aromatic heterocycles. The molecule has 7 heteroatoms. The molecule has 2 aromatic rings. The summed E-state index contributed by atoms with van der Waals surface area (Å²) in [5.74, 6) is -3.76. The van der Waals surface area contributed by atoms with Crippen molar-refractivity contribution in [2.75, 3.05) is 5.75 Å². The van der Waals surface area contributed by atoms with Crippen LogP contribution < -0.4 is 0 Å². The summed E-state index contributed by atoms with van der Waals surface area (Å²) in [6, 6.07) is 4.89. The number of Topliss-reactive ketones (excluding diaryl/α,β-unsaturated/α-hetero) is 1. The number of pyridine rings is 1. The van der Waals surface area contributed by atoms with Gasteiger partial charge < -0.3 is 5.11 Å². The highest BCUT2D eigenvalue weighted by molar-refractivity contribution is 7.99. The van der Waals surface area contributed by atoms with E-state index in [1.165, 1.54) is 0 Å². The number of aliphatic hydroxyl groups excluding tert-OH is 1. The van der Waals surface area contributed by atoms with Crippen LogP contribution in [-0.2, 0) is 4.79 Å². The zero-order chi connectivity index (χ0) is 19.6. The fourth-order valence-electron chi connectivity index (χ4n) is 3.11. The maximum Gasteiger partial charge on any atom is 0.167 e. The van der Waals surface area contributed by atoms with Crippen molar-refractivity contribution in [3.8, 4) is 0 Å². The van der Waals surface area contributed by atoms with E-state index in [1.807, 2.05) is 19.1 Å². The van der Waals surface area contributed by atoms with Crippen molar-refractivity contribution in [3.63, 3.8) is 0 Å². The van der Waals surface area contributed by atoms with E-state index in [-0.39, 0.29) is 30.1 Å². The van der Waals surface area contributed by atoms with Crippen LogP contribution in [0.5, 0.6) is 0 Å². The summed E-state index contributed by atoms with van der Waals surface area (Å²) >= 11 is 1.55. The first kappa shape index (κ1) is 19.5. The van der Waals surface area contributed by atoms with Crippen LogP contribution in [0.1, 0.15) is 30.4 Å². The molecule has 1 N–H and O–H groups in total. The maximum atomic E-state index is 14.0. The molecule has 1 aromatic carbocycles. The minimum Gasteiger partial charge on any atom is -0.512 e. The molecule has 0 saturated carbocycles. The highest BCUT2D eigenvalue weighted by Gasteiger charge is 2.32. The molecule has 1 atom stereocenters. The van der Waals surface area contributed by atoms with Gasteiger partial charge in [0.1, 0.15) is 23.2 Å². The Morgan fingerprint density at radius 2 is 1.89 bits per heavy atom. The number of hydrogen-bond donors (Lipinski definition) is 1.